The van der Waals surface area contributed by atoms with Crippen LogP contribution in [0.4, 0.5) is 5.69 Å². The Morgan fingerprint density at radius 2 is 1.90 bits per heavy atom. The van der Waals surface area contributed by atoms with E-state index < -0.39 is 11.5 Å². The fourth-order valence-electron chi connectivity index (χ4n) is 2.70. The molecule has 2 N–H and O–H groups in total. The van der Waals surface area contributed by atoms with Crippen LogP contribution in [0.1, 0.15) is 47.2 Å². The summed E-state index contributed by atoms with van der Waals surface area (Å²) in [5.41, 5.74) is 0.865. The van der Waals surface area contributed by atoms with Crippen molar-refractivity contribution in [1.29, 1.82) is 0 Å². The minimum Gasteiger partial charge on any atom is -0.378 e. The fraction of sp³-hybridized carbons (Fsp3) is 0.278. The largest absolute Gasteiger partial charge is 0.438 e. The standard InChI is InChI=1S/C18H17Cl2N5O4/c1-8(2)10-6-13(23-25(3)17(10)27)16(26)15-11(19)4-9(5-12(15)20)21-7-14-22-18(28)29-24-14/h4-6,8,21H,7H2,1-3H3,(H,22,24,28). The molecule has 0 saturated carbocycles. The first-order valence-corrected chi connectivity index (χ1v) is 9.33. The number of aromatic nitrogens is 4. The highest BCUT2D eigenvalue weighted by atomic mass is 35.5. The molecule has 2 aromatic heterocycles. The maximum absolute atomic E-state index is 13.0. The van der Waals surface area contributed by atoms with Crippen LogP contribution >= 0.6 is 23.2 Å². The molecule has 0 aliphatic rings. The summed E-state index contributed by atoms with van der Waals surface area (Å²) in [5.74, 6) is -0.948. The number of halogens is 2. The third-order valence-corrected chi connectivity index (χ3v) is 4.76. The molecule has 0 aliphatic heterocycles. The van der Waals surface area contributed by atoms with Crippen LogP contribution in [0.15, 0.2) is 32.3 Å². The van der Waals surface area contributed by atoms with Gasteiger partial charge in [0.05, 0.1) is 22.2 Å². The molecular weight excluding hydrogens is 421 g/mol. The van der Waals surface area contributed by atoms with Crippen LogP contribution in [0.2, 0.25) is 10.0 Å². The first-order chi connectivity index (χ1) is 13.7. The molecule has 9 nitrogen and oxygen atoms in total. The molecule has 3 aromatic rings. The van der Waals surface area contributed by atoms with Gasteiger partial charge < -0.3 is 5.32 Å². The summed E-state index contributed by atoms with van der Waals surface area (Å²) in [4.78, 5) is 38.5. The Bertz CT molecular complexity index is 1170. The van der Waals surface area contributed by atoms with Gasteiger partial charge in [0.25, 0.3) is 5.56 Å². The SMILES string of the molecule is CC(C)c1cc(C(=O)c2c(Cl)cc(NCc3noc(=O)[nH]3)cc2Cl)nn(C)c1=O. The van der Waals surface area contributed by atoms with Crippen molar-refractivity contribution in [2.45, 2.75) is 26.3 Å². The molecule has 0 atom stereocenters. The van der Waals surface area contributed by atoms with Gasteiger partial charge in [-0.2, -0.15) is 5.10 Å². The summed E-state index contributed by atoms with van der Waals surface area (Å²) >= 11 is 12.6. The van der Waals surface area contributed by atoms with E-state index in [-0.39, 0.29) is 45.1 Å². The van der Waals surface area contributed by atoms with Crippen molar-refractivity contribution in [1.82, 2.24) is 19.9 Å². The van der Waals surface area contributed by atoms with Gasteiger partial charge in [0, 0.05) is 18.3 Å². The van der Waals surface area contributed by atoms with E-state index in [9.17, 15) is 14.4 Å². The third kappa shape index (κ3) is 4.41. The van der Waals surface area contributed by atoms with Gasteiger partial charge in [0.2, 0.25) is 5.78 Å². The van der Waals surface area contributed by atoms with Crippen LogP contribution in [0, 0.1) is 0 Å². The van der Waals surface area contributed by atoms with Crippen LogP contribution < -0.4 is 16.6 Å². The Balaban J connectivity index is 1.92. The summed E-state index contributed by atoms with van der Waals surface area (Å²) in [5, 5.41) is 10.8. The average molecular weight is 438 g/mol. The topological polar surface area (TPSA) is 123 Å². The molecule has 0 spiro atoms. The van der Waals surface area contributed by atoms with Gasteiger partial charge >= 0.3 is 5.76 Å². The van der Waals surface area contributed by atoms with Gasteiger partial charge in [-0.05, 0) is 24.1 Å². The zero-order valence-electron chi connectivity index (χ0n) is 15.7. The van der Waals surface area contributed by atoms with Gasteiger partial charge in [0.1, 0.15) is 5.69 Å². The molecule has 2 heterocycles. The second-order valence-corrected chi connectivity index (χ2v) is 7.42. The summed E-state index contributed by atoms with van der Waals surface area (Å²) < 4.78 is 5.54. The molecule has 0 radical (unpaired) electrons. The lowest BCUT2D eigenvalue weighted by molar-refractivity contribution is 0.103. The lowest BCUT2D eigenvalue weighted by atomic mass is 10.0. The number of carbonyl (C=O) groups is 1. The number of benzene rings is 1. The maximum atomic E-state index is 13.0. The summed E-state index contributed by atoms with van der Waals surface area (Å²) in [6.07, 6.45) is 0. The van der Waals surface area contributed by atoms with Crippen LogP contribution in [0.25, 0.3) is 0 Å². The van der Waals surface area contributed by atoms with Crippen LogP contribution in [0.3, 0.4) is 0 Å². The number of carbonyl (C=O) groups excluding carboxylic acids is 1. The first kappa shape index (κ1) is 20.8. The predicted octanol–water partition coefficient (Wildman–Crippen LogP) is 2.73. The van der Waals surface area contributed by atoms with Crippen LogP contribution in [-0.4, -0.2) is 25.7 Å². The molecule has 0 amide bonds. The summed E-state index contributed by atoms with van der Waals surface area (Å²) in [6.45, 7) is 3.87. The highest BCUT2D eigenvalue weighted by Gasteiger charge is 2.22. The minimum absolute atomic E-state index is 0.0699. The Labute approximate surface area is 174 Å². The van der Waals surface area contributed by atoms with Crippen LogP contribution in [-0.2, 0) is 13.6 Å². The van der Waals surface area contributed by atoms with Gasteiger partial charge in [-0.3, -0.25) is 19.1 Å². The molecule has 0 unspecified atom stereocenters. The third-order valence-electron chi connectivity index (χ3n) is 4.16. The highest BCUT2D eigenvalue weighted by Crippen LogP contribution is 2.31. The van der Waals surface area contributed by atoms with E-state index in [1.165, 1.54) is 25.2 Å². The molecule has 152 valence electrons. The Morgan fingerprint density at radius 3 is 2.45 bits per heavy atom. The van der Waals surface area contributed by atoms with Crippen molar-refractivity contribution in [3.63, 3.8) is 0 Å². The second kappa shape index (κ2) is 8.22. The van der Waals surface area contributed by atoms with Crippen molar-refractivity contribution >= 4 is 34.7 Å². The zero-order chi connectivity index (χ0) is 21.3. The molecule has 0 saturated heterocycles. The number of hydrogen-bond donors (Lipinski definition) is 2. The number of ketones is 1. The Hall–Kier alpha value is -2.91. The first-order valence-electron chi connectivity index (χ1n) is 8.58. The highest BCUT2D eigenvalue weighted by molar-refractivity contribution is 6.41. The Morgan fingerprint density at radius 1 is 1.24 bits per heavy atom. The normalized spacial score (nSPS) is 11.1. The van der Waals surface area contributed by atoms with E-state index in [1.54, 1.807) is 0 Å². The van der Waals surface area contributed by atoms with Crippen molar-refractivity contribution in [3.8, 4) is 0 Å². The smallest absolute Gasteiger partial charge is 0.378 e. The number of aromatic amines is 1. The Kier molecular flexibility index (Phi) is 5.90. The molecule has 0 fully saturated rings. The van der Waals surface area contributed by atoms with Gasteiger partial charge in [-0.25, -0.2) is 9.48 Å². The lowest BCUT2D eigenvalue weighted by Gasteiger charge is -2.12. The second-order valence-electron chi connectivity index (χ2n) is 6.61. The van der Waals surface area contributed by atoms with E-state index in [0.717, 1.165) is 4.68 Å². The minimum atomic E-state index is -0.663. The summed E-state index contributed by atoms with van der Waals surface area (Å²) in [6, 6.07) is 4.50. The molecule has 1 aromatic carbocycles. The molecule has 0 aliphatic carbocycles. The average Bonchev–Trinajstić information content (AvgIpc) is 3.06. The molecule has 29 heavy (non-hydrogen) atoms. The number of rotatable bonds is 6. The molecule has 0 bridgehead atoms. The molecule has 11 heteroatoms. The fourth-order valence-corrected chi connectivity index (χ4v) is 3.36. The van der Waals surface area contributed by atoms with Gasteiger partial charge in [-0.15, -0.1) is 0 Å². The van der Waals surface area contributed by atoms with Gasteiger partial charge in [-0.1, -0.05) is 42.2 Å². The van der Waals surface area contributed by atoms with Crippen LogP contribution in [0.5, 0.6) is 0 Å². The number of nitrogens with one attached hydrogen (secondary N) is 2. The number of aryl methyl sites for hydroxylation is 1. The predicted molar refractivity (Wildman–Crippen MR) is 108 cm³/mol. The van der Waals surface area contributed by atoms with E-state index in [1.807, 2.05) is 13.8 Å². The number of anilines is 1. The number of hydrogen-bond acceptors (Lipinski definition) is 7. The summed E-state index contributed by atoms with van der Waals surface area (Å²) in [7, 11) is 1.48. The van der Waals surface area contributed by atoms with Crippen molar-refractivity contribution in [2.75, 3.05) is 5.32 Å². The number of H-pyrrole nitrogens is 1. The van der Waals surface area contributed by atoms with Crippen molar-refractivity contribution in [2.24, 2.45) is 7.05 Å². The quantitative estimate of drug-likeness (QED) is 0.568. The molecular formula is C18H17Cl2N5O4. The monoisotopic (exact) mass is 437 g/mol. The maximum Gasteiger partial charge on any atom is 0.438 e. The van der Waals surface area contributed by atoms with E-state index in [2.05, 4.69) is 25.1 Å². The van der Waals surface area contributed by atoms with Crippen molar-refractivity contribution in [3.05, 3.63) is 71.8 Å². The van der Waals surface area contributed by atoms with Crippen molar-refractivity contribution < 1.29 is 9.32 Å². The molecule has 3 rings (SSSR count). The number of nitrogens with zero attached hydrogens (tertiary/aromatic N) is 3. The van der Waals surface area contributed by atoms with Gasteiger partial charge in [0.15, 0.2) is 5.82 Å². The van der Waals surface area contributed by atoms with E-state index >= 15 is 0 Å². The lowest BCUT2D eigenvalue weighted by Crippen LogP contribution is -2.27. The zero-order valence-corrected chi connectivity index (χ0v) is 17.3. The van der Waals surface area contributed by atoms with E-state index in [0.29, 0.717) is 11.3 Å². The van der Waals surface area contributed by atoms with E-state index in [4.69, 9.17) is 23.2 Å².